The van der Waals surface area contributed by atoms with Crippen LogP contribution in [-0.2, 0) is 0 Å². The number of anilines is 1. The Morgan fingerprint density at radius 2 is 1.69 bits per heavy atom. The van der Waals surface area contributed by atoms with Gasteiger partial charge in [-0.2, -0.15) is 5.10 Å². The van der Waals surface area contributed by atoms with Gasteiger partial charge in [-0.3, -0.25) is 4.90 Å². The molecule has 4 rings (SSSR count). The number of nitrogens with zero attached hydrogens (tertiary/aromatic N) is 6. The van der Waals surface area contributed by atoms with Crippen molar-refractivity contribution in [3.8, 4) is 5.95 Å². The van der Waals surface area contributed by atoms with Crippen LogP contribution >= 0.6 is 35.6 Å². The lowest BCUT2D eigenvalue weighted by Gasteiger charge is -2.36. The first-order valence-corrected chi connectivity index (χ1v) is 11.1. The highest BCUT2D eigenvalue weighted by molar-refractivity contribution is 6.43. The number of piperazine rings is 1. The van der Waals surface area contributed by atoms with Crippen LogP contribution in [0.5, 0.6) is 0 Å². The fourth-order valence-electron chi connectivity index (χ4n) is 3.83. The zero-order valence-corrected chi connectivity index (χ0v) is 20.8. The van der Waals surface area contributed by atoms with Gasteiger partial charge in [0.05, 0.1) is 27.6 Å². The number of hydrogen-bond donors (Lipinski definition) is 0. The maximum Gasteiger partial charge on any atom is 0.251 e. The summed E-state index contributed by atoms with van der Waals surface area (Å²) < 4.78 is 1.80. The molecule has 0 saturated carbocycles. The van der Waals surface area contributed by atoms with Crippen LogP contribution < -0.4 is 4.90 Å². The highest BCUT2D eigenvalue weighted by Crippen LogP contribution is 2.32. The molecule has 0 atom stereocenters. The summed E-state index contributed by atoms with van der Waals surface area (Å²) in [6, 6.07) is 7.77. The van der Waals surface area contributed by atoms with Gasteiger partial charge in [0.1, 0.15) is 0 Å². The fraction of sp³-hybridized carbons (Fsp3) is 0.348. The topological polar surface area (TPSA) is 50.1 Å². The molecule has 32 heavy (non-hydrogen) atoms. The molecule has 170 valence electrons. The van der Waals surface area contributed by atoms with E-state index in [-0.39, 0.29) is 12.4 Å². The summed E-state index contributed by atoms with van der Waals surface area (Å²) in [5, 5.41) is 5.73. The van der Waals surface area contributed by atoms with E-state index in [1.807, 2.05) is 51.2 Å². The van der Waals surface area contributed by atoms with Crippen LogP contribution in [0.4, 0.5) is 5.69 Å². The van der Waals surface area contributed by atoms with Gasteiger partial charge in [-0.1, -0.05) is 41.4 Å². The molecule has 3 aromatic rings. The van der Waals surface area contributed by atoms with Gasteiger partial charge in [-0.25, -0.2) is 14.6 Å². The predicted octanol–water partition coefficient (Wildman–Crippen LogP) is 5.15. The van der Waals surface area contributed by atoms with Crippen LogP contribution in [0.3, 0.4) is 0 Å². The van der Waals surface area contributed by atoms with E-state index in [1.54, 1.807) is 4.68 Å². The van der Waals surface area contributed by atoms with Gasteiger partial charge in [0.15, 0.2) is 0 Å². The smallest absolute Gasteiger partial charge is 0.251 e. The van der Waals surface area contributed by atoms with Gasteiger partial charge < -0.3 is 4.90 Å². The fourth-order valence-corrected chi connectivity index (χ4v) is 4.24. The third-order valence-corrected chi connectivity index (χ3v) is 6.32. The lowest BCUT2D eigenvalue weighted by atomic mass is 10.2. The molecular formula is C23H27Cl3N6. The van der Waals surface area contributed by atoms with Crippen molar-refractivity contribution < 1.29 is 0 Å². The third kappa shape index (κ3) is 5.44. The minimum absolute atomic E-state index is 0. The number of aromatic nitrogens is 4. The van der Waals surface area contributed by atoms with Crippen molar-refractivity contribution in [1.82, 2.24) is 24.6 Å². The van der Waals surface area contributed by atoms with Gasteiger partial charge in [0.25, 0.3) is 5.95 Å². The highest BCUT2D eigenvalue weighted by atomic mass is 35.5. The van der Waals surface area contributed by atoms with Gasteiger partial charge in [0, 0.05) is 49.7 Å². The lowest BCUT2D eigenvalue weighted by molar-refractivity contribution is 0.284. The largest absolute Gasteiger partial charge is 0.368 e. The van der Waals surface area contributed by atoms with E-state index in [1.165, 1.54) is 0 Å². The molecule has 0 unspecified atom stereocenters. The molecule has 0 amide bonds. The van der Waals surface area contributed by atoms with Crippen LogP contribution in [0.1, 0.15) is 22.6 Å². The number of hydrogen-bond acceptors (Lipinski definition) is 5. The average molecular weight is 494 g/mol. The van der Waals surface area contributed by atoms with Crippen molar-refractivity contribution in [2.45, 2.75) is 20.8 Å². The Kier molecular flexibility index (Phi) is 8.17. The van der Waals surface area contributed by atoms with Crippen molar-refractivity contribution in [1.29, 1.82) is 0 Å². The Morgan fingerprint density at radius 3 is 2.38 bits per heavy atom. The molecule has 6 nitrogen and oxygen atoms in total. The van der Waals surface area contributed by atoms with Crippen molar-refractivity contribution >= 4 is 47.4 Å². The summed E-state index contributed by atoms with van der Waals surface area (Å²) in [5.41, 5.74) is 5.00. The Hall–Kier alpha value is -2.12. The van der Waals surface area contributed by atoms with E-state index in [9.17, 15) is 0 Å². The summed E-state index contributed by atoms with van der Waals surface area (Å²) in [7, 11) is 0. The Morgan fingerprint density at radius 1 is 1.00 bits per heavy atom. The van der Waals surface area contributed by atoms with E-state index < -0.39 is 0 Å². The zero-order valence-electron chi connectivity index (χ0n) is 18.4. The maximum absolute atomic E-state index is 6.38. The molecule has 1 fully saturated rings. The van der Waals surface area contributed by atoms with Crippen molar-refractivity contribution in [2.75, 3.05) is 37.6 Å². The lowest BCUT2D eigenvalue weighted by Crippen LogP contribution is -2.46. The number of halogens is 3. The SMILES string of the molecule is Cc1cc(C)nc(-n2ncc(/C=C/CN3CCN(c4cccc(Cl)c4Cl)CC3)c2C)n1.Cl. The van der Waals surface area contributed by atoms with Crippen LogP contribution in [-0.4, -0.2) is 57.4 Å². The molecule has 2 aromatic heterocycles. The zero-order chi connectivity index (χ0) is 22.0. The molecule has 1 saturated heterocycles. The van der Waals surface area contributed by atoms with Gasteiger partial charge >= 0.3 is 0 Å². The molecule has 0 aliphatic carbocycles. The Labute approximate surface area is 205 Å². The normalized spacial score (nSPS) is 14.7. The monoisotopic (exact) mass is 492 g/mol. The molecule has 9 heteroatoms. The van der Waals surface area contributed by atoms with Gasteiger partial charge in [0.2, 0.25) is 0 Å². The van der Waals surface area contributed by atoms with Crippen LogP contribution in [0.25, 0.3) is 12.0 Å². The van der Waals surface area contributed by atoms with E-state index in [2.05, 4.69) is 37.0 Å². The van der Waals surface area contributed by atoms with Crippen LogP contribution in [0, 0.1) is 20.8 Å². The number of rotatable bonds is 5. The second-order valence-corrected chi connectivity index (χ2v) is 8.60. The van der Waals surface area contributed by atoms with Crippen LogP contribution in [0.15, 0.2) is 36.5 Å². The van der Waals surface area contributed by atoms with Crippen molar-refractivity contribution in [3.63, 3.8) is 0 Å². The van der Waals surface area contributed by atoms with Crippen LogP contribution in [0.2, 0.25) is 10.0 Å². The summed E-state index contributed by atoms with van der Waals surface area (Å²) in [5.74, 6) is 0.616. The quantitative estimate of drug-likeness (QED) is 0.492. The molecule has 0 N–H and O–H groups in total. The summed E-state index contributed by atoms with van der Waals surface area (Å²) in [4.78, 5) is 13.7. The Bertz CT molecular complexity index is 1080. The number of benzene rings is 1. The molecule has 0 bridgehead atoms. The molecule has 0 radical (unpaired) electrons. The van der Waals surface area contributed by atoms with E-state index >= 15 is 0 Å². The standard InChI is InChI=1S/C23H26Cl2N6.ClH/c1-16-14-17(2)28-23(27-16)31-18(3)19(15-26-31)6-5-9-29-10-12-30(13-11-29)21-8-4-7-20(24)22(21)25;/h4-8,14-15H,9-13H2,1-3H3;1H/b6-5+;. The Balaban J connectivity index is 0.00000289. The summed E-state index contributed by atoms with van der Waals surface area (Å²) >= 11 is 12.5. The van der Waals surface area contributed by atoms with E-state index in [0.29, 0.717) is 16.0 Å². The summed E-state index contributed by atoms with van der Waals surface area (Å²) in [6.45, 7) is 10.7. The molecule has 0 spiro atoms. The second kappa shape index (κ2) is 10.7. The first kappa shape index (κ1) is 24.5. The van der Waals surface area contributed by atoms with E-state index in [0.717, 1.165) is 61.1 Å². The van der Waals surface area contributed by atoms with Crippen molar-refractivity contribution in [2.24, 2.45) is 0 Å². The molecular weight excluding hydrogens is 467 g/mol. The first-order chi connectivity index (χ1) is 14.9. The highest BCUT2D eigenvalue weighted by Gasteiger charge is 2.19. The predicted molar refractivity (Wildman–Crippen MR) is 135 cm³/mol. The minimum Gasteiger partial charge on any atom is -0.368 e. The third-order valence-electron chi connectivity index (χ3n) is 5.51. The molecule has 1 aliphatic rings. The number of aryl methyl sites for hydroxylation is 2. The maximum atomic E-state index is 6.38. The second-order valence-electron chi connectivity index (χ2n) is 7.81. The van der Waals surface area contributed by atoms with E-state index in [4.69, 9.17) is 23.2 Å². The van der Waals surface area contributed by atoms with Gasteiger partial charge in [-0.05, 0) is 39.0 Å². The molecule has 1 aliphatic heterocycles. The molecule has 1 aromatic carbocycles. The first-order valence-electron chi connectivity index (χ1n) is 10.4. The molecule has 3 heterocycles. The van der Waals surface area contributed by atoms with Gasteiger partial charge in [-0.15, -0.1) is 12.4 Å². The summed E-state index contributed by atoms with van der Waals surface area (Å²) in [6.07, 6.45) is 6.19. The van der Waals surface area contributed by atoms with Crippen molar-refractivity contribution in [3.05, 3.63) is 69.2 Å². The average Bonchev–Trinajstić information content (AvgIpc) is 3.10. The minimum atomic E-state index is 0.